The van der Waals surface area contributed by atoms with Crippen LogP contribution in [0, 0.1) is 0 Å². The van der Waals surface area contributed by atoms with E-state index in [1.54, 1.807) is 12.4 Å². The maximum Gasteiger partial charge on any atom is 0.416 e. The second kappa shape index (κ2) is 5.96. The Morgan fingerprint density at radius 2 is 1.79 bits per heavy atom. The summed E-state index contributed by atoms with van der Waals surface area (Å²) in [5.74, 6) is 0.687. The van der Waals surface area contributed by atoms with Crippen LogP contribution in [0.4, 0.5) is 13.2 Å². The first-order valence-electron chi connectivity index (χ1n) is 5.35. The lowest BCUT2D eigenvalue weighted by Gasteiger charge is -2.09. The molecule has 100 valence electrons. The Bertz CT molecular complexity index is 558. The molecule has 1 nitrogen and oxygen atoms in total. The number of nitrogens with zero attached hydrogens (tertiary/aromatic N) is 1. The smallest absolute Gasteiger partial charge is 0.265 e. The first-order valence-corrected chi connectivity index (χ1v) is 7.13. The van der Waals surface area contributed by atoms with Crippen LogP contribution in [-0.2, 0) is 11.9 Å². The van der Waals surface area contributed by atoms with Crippen molar-refractivity contribution >= 4 is 27.7 Å². The van der Waals surface area contributed by atoms with Crippen LogP contribution >= 0.6 is 27.7 Å². The molecule has 0 amide bonds. The molecule has 0 unspecified atom stereocenters. The van der Waals surface area contributed by atoms with Crippen molar-refractivity contribution < 1.29 is 13.2 Å². The summed E-state index contributed by atoms with van der Waals surface area (Å²) in [6.45, 7) is 0. The van der Waals surface area contributed by atoms with Crippen molar-refractivity contribution in [3.05, 3.63) is 58.3 Å². The van der Waals surface area contributed by atoms with Gasteiger partial charge in [0.2, 0.25) is 0 Å². The fourth-order valence-corrected chi connectivity index (χ4v) is 3.03. The van der Waals surface area contributed by atoms with Gasteiger partial charge < -0.3 is 0 Å². The van der Waals surface area contributed by atoms with Crippen LogP contribution < -0.4 is 0 Å². The molecule has 0 aliphatic rings. The zero-order chi connectivity index (χ0) is 13.9. The van der Waals surface area contributed by atoms with Gasteiger partial charge in [0, 0.05) is 27.5 Å². The van der Waals surface area contributed by atoms with Gasteiger partial charge in [0.05, 0.1) is 5.56 Å². The van der Waals surface area contributed by atoms with E-state index < -0.39 is 11.7 Å². The van der Waals surface area contributed by atoms with Crippen molar-refractivity contribution in [1.82, 2.24) is 4.98 Å². The molecule has 0 atom stereocenters. The number of alkyl halides is 3. The molecule has 0 bridgehead atoms. The lowest BCUT2D eigenvalue weighted by molar-refractivity contribution is -0.137. The van der Waals surface area contributed by atoms with Crippen molar-refractivity contribution in [2.75, 3.05) is 0 Å². The van der Waals surface area contributed by atoms with E-state index in [0.29, 0.717) is 10.2 Å². The molecule has 1 aromatic carbocycles. The quantitative estimate of drug-likeness (QED) is 0.711. The third kappa shape index (κ3) is 3.98. The highest BCUT2D eigenvalue weighted by molar-refractivity contribution is 9.10. The summed E-state index contributed by atoms with van der Waals surface area (Å²) in [7, 11) is 0. The predicted molar refractivity (Wildman–Crippen MR) is 72.9 cm³/mol. The summed E-state index contributed by atoms with van der Waals surface area (Å²) in [5.41, 5.74) is 0.430. The van der Waals surface area contributed by atoms with Crippen molar-refractivity contribution in [3.63, 3.8) is 0 Å². The molecular formula is C13H9BrF3NS. The van der Waals surface area contributed by atoms with E-state index in [2.05, 4.69) is 20.9 Å². The van der Waals surface area contributed by atoms with Gasteiger partial charge >= 0.3 is 6.18 Å². The van der Waals surface area contributed by atoms with Crippen LogP contribution in [0.1, 0.15) is 11.1 Å². The Morgan fingerprint density at radius 1 is 1.11 bits per heavy atom. The van der Waals surface area contributed by atoms with Crippen molar-refractivity contribution in [2.45, 2.75) is 16.8 Å². The molecule has 0 spiro atoms. The minimum Gasteiger partial charge on any atom is -0.265 e. The maximum atomic E-state index is 12.5. The van der Waals surface area contributed by atoms with E-state index in [9.17, 15) is 13.2 Å². The Hall–Kier alpha value is -1.01. The Balaban J connectivity index is 2.10. The van der Waals surface area contributed by atoms with Gasteiger partial charge in [-0.1, -0.05) is 0 Å². The largest absolute Gasteiger partial charge is 0.416 e. The lowest BCUT2D eigenvalue weighted by Crippen LogP contribution is -2.04. The van der Waals surface area contributed by atoms with Gasteiger partial charge in [-0.25, -0.2) is 0 Å². The number of halogens is 4. The zero-order valence-corrected chi connectivity index (χ0v) is 12.0. The van der Waals surface area contributed by atoms with Crippen molar-refractivity contribution in [2.24, 2.45) is 0 Å². The topological polar surface area (TPSA) is 12.9 Å². The van der Waals surface area contributed by atoms with E-state index in [0.717, 1.165) is 22.6 Å². The van der Waals surface area contributed by atoms with Gasteiger partial charge in [-0.2, -0.15) is 13.2 Å². The molecule has 2 aromatic rings. The summed E-state index contributed by atoms with van der Waals surface area (Å²) in [6.07, 6.45) is -0.924. The van der Waals surface area contributed by atoms with Gasteiger partial charge in [0.25, 0.3) is 0 Å². The summed E-state index contributed by atoms with van der Waals surface area (Å²) in [5, 5.41) is 0. The minimum absolute atomic E-state index is 0.460. The van der Waals surface area contributed by atoms with Crippen LogP contribution in [0.5, 0.6) is 0 Å². The summed E-state index contributed by atoms with van der Waals surface area (Å²) in [4.78, 5) is 4.70. The van der Waals surface area contributed by atoms with Gasteiger partial charge in [0.1, 0.15) is 0 Å². The Labute approximate surface area is 121 Å². The summed E-state index contributed by atoms with van der Waals surface area (Å²) in [6, 6.07) is 7.45. The highest BCUT2D eigenvalue weighted by atomic mass is 79.9. The Kier molecular flexibility index (Phi) is 4.52. The molecule has 0 saturated carbocycles. The first-order chi connectivity index (χ1) is 8.97. The van der Waals surface area contributed by atoms with Crippen LogP contribution in [0.15, 0.2) is 52.1 Å². The second-order valence-corrected chi connectivity index (χ2v) is 5.66. The lowest BCUT2D eigenvalue weighted by atomic mass is 10.2. The molecule has 6 heteroatoms. The summed E-state index contributed by atoms with van der Waals surface area (Å²) < 4.78 is 38.0. The molecule has 1 aromatic heterocycles. The normalized spacial score (nSPS) is 11.6. The number of hydrogen-bond donors (Lipinski definition) is 0. The third-order valence-electron chi connectivity index (χ3n) is 2.40. The zero-order valence-electron chi connectivity index (χ0n) is 9.62. The Morgan fingerprint density at radius 3 is 2.37 bits per heavy atom. The molecule has 0 radical (unpaired) electrons. The number of aromatic nitrogens is 1. The molecule has 0 aliphatic heterocycles. The molecule has 2 rings (SSSR count). The van der Waals surface area contributed by atoms with E-state index >= 15 is 0 Å². The first kappa shape index (κ1) is 14.4. The van der Waals surface area contributed by atoms with E-state index in [1.807, 2.05) is 12.1 Å². The average molecular weight is 348 g/mol. The standard InChI is InChI=1S/C13H9BrF3NS/c14-11-7-10(13(15,16)17)1-2-12(11)19-8-9-3-5-18-6-4-9/h1-7H,8H2. The second-order valence-electron chi connectivity index (χ2n) is 3.79. The highest BCUT2D eigenvalue weighted by Crippen LogP contribution is 2.36. The predicted octanol–water partition coefficient (Wildman–Crippen LogP) is 5.16. The number of benzene rings is 1. The van der Waals surface area contributed by atoms with Crippen molar-refractivity contribution in [3.8, 4) is 0 Å². The average Bonchev–Trinajstić information content (AvgIpc) is 2.37. The van der Waals surface area contributed by atoms with Gasteiger partial charge in [-0.3, -0.25) is 4.98 Å². The molecule has 19 heavy (non-hydrogen) atoms. The number of hydrogen-bond acceptors (Lipinski definition) is 2. The third-order valence-corrected chi connectivity index (χ3v) is 4.47. The molecule has 1 heterocycles. The van der Waals surface area contributed by atoms with Crippen LogP contribution in [0.3, 0.4) is 0 Å². The van der Waals surface area contributed by atoms with E-state index in [-0.39, 0.29) is 0 Å². The van der Waals surface area contributed by atoms with E-state index in [4.69, 9.17) is 0 Å². The van der Waals surface area contributed by atoms with Crippen LogP contribution in [-0.4, -0.2) is 4.98 Å². The maximum absolute atomic E-state index is 12.5. The number of thioether (sulfide) groups is 1. The molecular weight excluding hydrogens is 339 g/mol. The SMILES string of the molecule is FC(F)(F)c1ccc(SCc2ccncc2)c(Br)c1. The summed E-state index contributed by atoms with van der Waals surface area (Å²) >= 11 is 4.66. The van der Waals surface area contributed by atoms with Gasteiger partial charge in [-0.15, -0.1) is 11.8 Å². The fourth-order valence-electron chi connectivity index (χ4n) is 1.43. The number of rotatable bonds is 3. The number of pyridine rings is 1. The molecule has 0 saturated heterocycles. The minimum atomic E-state index is -4.31. The van der Waals surface area contributed by atoms with Crippen LogP contribution in [0.25, 0.3) is 0 Å². The molecule has 0 aliphatic carbocycles. The van der Waals surface area contributed by atoms with Crippen molar-refractivity contribution in [1.29, 1.82) is 0 Å². The molecule has 0 N–H and O–H groups in total. The van der Waals surface area contributed by atoms with Crippen LogP contribution in [0.2, 0.25) is 0 Å². The van der Waals surface area contributed by atoms with Gasteiger partial charge in [-0.05, 0) is 51.8 Å². The monoisotopic (exact) mass is 347 g/mol. The van der Waals surface area contributed by atoms with Gasteiger partial charge in [0.15, 0.2) is 0 Å². The highest BCUT2D eigenvalue weighted by Gasteiger charge is 2.30. The van der Waals surface area contributed by atoms with E-state index in [1.165, 1.54) is 17.8 Å². The molecule has 0 fully saturated rings. The fraction of sp³-hybridized carbons (Fsp3) is 0.154.